The van der Waals surface area contributed by atoms with E-state index in [1.807, 2.05) is 12.1 Å². The SMILES string of the molecule is Fc1ccc(-c2cc(-c3ccc(F)cc3)n(Cc3ccc(Cl)cc3Cl)n2)cc1. The normalized spacial score (nSPS) is 11.0. The van der Waals surface area contributed by atoms with E-state index in [1.165, 1.54) is 24.3 Å². The van der Waals surface area contributed by atoms with Crippen molar-refractivity contribution in [3.8, 4) is 22.5 Å². The number of rotatable bonds is 4. The fourth-order valence-electron chi connectivity index (χ4n) is 2.96. The molecule has 4 rings (SSSR count). The van der Waals surface area contributed by atoms with Gasteiger partial charge in [0.15, 0.2) is 0 Å². The van der Waals surface area contributed by atoms with E-state index in [0.717, 1.165) is 22.4 Å². The number of benzene rings is 3. The molecule has 0 fully saturated rings. The minimum absolute atomic E-state index is 0.310. The Morgan fingerprint density at radius 2 is 1.36 bits per heavy atom. The topological polar surface area (TPSA) is 17.8 Å². The molecule has 0 N–H and O–H groups in total. The van der Waals surface area contributed by atoms with Gasteiger partial charge in [0.1, 0.15) is 11.6 Å². The van der Waals surface area contributed by atoms with E-state index < -0.39 is 0 Å². The van der Waals surface area contributed by atoms with Crippen molar-refractivity contribution in [2.75, 3.05) is 0 Å². The Morgan fingerprint density at radius 1 is 0.750 bits per heavy atom. The van der Waals surface area contributed by atoms with Crippen molar-refractivity contribution < 1.29 is 8.78 Å². The van der Waals surface area contributed by atoms with E-state index in [0.29, 0.717) is 22.3 Å². The molecule has 0 unspecified atom stereocenters. The van der Waals surface area contributed by atoms with Crippen LogP contribution in [0.2, 0.25) is 10.0 Å². The zero-order valence-corrected chi connectivity index (χ0v) is 16.1. The van der Waals surface area contributed by atoms with Crippen molar-refractivity contribution in [1.29, 1.82) is 0 Å². The second kappa shape index (κ2) is 7.74. The van der Waals surface area contributed by atoms with Crippen LogP contribution in [0, 0.1) is 11.6 Å². The molecule has 0 aliphatic heterocycles. The van der Waals surface area contributed by atoms with Crippen LogP contribution in [-0.2, 0) is 6.54 Å². The summed E-state index contributed by atoms with van der Waals surface area (Å²) >= 11 is 12.3. The largest absolute Gasteiger partial charge is 0.260 e. The molecule has 1 aromatic heterocycles. The van der Waals surface area contributed by atoms with Crippen molar-refractivity contribution in [2.24, 2.45) is 0 Å². The first-order valence-electron chi connectivity index (χ1n) is 8.53. The summed E-state index contributed by atoms with van der Waals surface area (Å²) in [5.41, 5.74) is 3.93. The van der Waals surface area contributed by atoms with Gasteiger partial charge in [-0.3, -0.25) is 4.68 Å². The number of nitrogens with zero attached hydrogens (tertiary/aromatic N) is 2. The Labute approximate surface area is 171 Å². The Morgan fingerprint density at radius 3 is 1.96 bits per heavy atom. The molecular formula is C22H14Cl2F2N2. The van der Waals surface area contributed by atoms with E-state index >= 15 is 0 Å². The van der Waals surface area contributed by atoms with Crippen LogP contribution in [0.5, 0.6) is 0 Å². The molecule has 3 aromatic carbocycles. The second-order valence-electron chi connectivity index (χ2n) is 6.32. The van der Waals surface area contributed by atoms with Gasteiger partial charge in [0.05, 0.1) is 17.9 Å². The lowest BCUT2D eigenvalue weighted by Gasteiger charge is -2.09. The predicted molar refractivity (Wildman–Crippen MR) is 109 cm³/mol. The third-order valence-electron chi connectivity index (χ3n) is 4.40. The molecule has 4 aromatic rings. The quantitative estimate of drug-likeness (QED) is 0.356. The molecule has 0 bridgehead atoms. The van der Waals surface area contributed by atoms with Gasteiger partial charge in [-0.15, -0.1) is 0 Å². The van der Waals surface area contributed by atoms with Gasteiger partial charge in [-0.25, -0.2) is 8.78 Å². The lowest BCUT2D eigenvalue weighted by atomic mass is 10.1. The zero-order chi connectivity index (χ0) is 19.7. The van der Waals surface area contributed by atoms with Crippen molar-refractivity contribution in [3.05, 3.63) is 100 Å². The number of halogens is 4. The highest BCUT2D eigenvalue weighted by Gasteiger charge is 2.14. The number of aromatic nitrogens is 2. The molecule has 0 amide bonds. The van der Waals surface area contributed by atoms with Gasteiger partial charge in [0.25, 0.3) is 0 Å². The molecule has 28 heavy (non-hydrogen) atoms. The first kappa shape index (κ1) is 18.7. The lowest BCUT2D eigenvalue weighted by Crippen LogP contribution is -2.04. The molecule has 0 aliphatic carbocycles. The highest BCUT2D eigenvalue weighted by atomic mass is 35.5. The summed E-state index contributed by atoms with van der Waals surface area (Å²) in [6.07, 6.45) is 0. The first-order chi connectivity index (χ1) is 13.5. The average Bonchev–Trinajstić information content (AvgIpc) is 3.09. The highest BCUT2D eigenvalue weighted by molar-refractivity contribution is 6.35. The average molecular weight is 415 g/mol. The Bertz CT molecular complexity index is 1120. The summed E-state index contributed by atoms with van der Waals surface area (Å²) in [7, 11) is 0. The maximum atomic E-state index is 13.4. The smallest absolute Gasteiger partial charge is 0.123 e. The van der Waals surface area contributed by atoms with E-state index in [2.05, 4.69) is 5.10 Å². The van der Waals surface area contributed by atoms with Gasteiger partial charge in [0, 0.05) is 21.2 Å². The molecule has 6 heteroatoms. The van der Waals surface area contributed by atoms with Gasteiger partial charge in [-0.2, -0.15) is 5.10 Å². The molecule has 1 heterocycles. The van der Waals surface area contributed by atoms with Crippen LogP contribution < -0.4 is 0 Å². The van der Waals surface area contributed by atoms with E-state index in [1.54, 1.807) is 41.1 Å². The van der Waals surface area contributed by atoms with E-state index in [4.69, 9.17) is 23.2 Å². The molecule has 2 nitrogen and oxygen atoms in total. The molecule has 0 radical (unpaired) electrons. The third-order valence-corrected chi connectivity index (χ3v) is 4.98. The van der Waals surface area contributed by atoms with Crippen molar-refractivity contribution in [3.63, 3.8) is 0 Å². The van der Waals surface area contributed by atoms with E-state index in [-0.39, 0.29) is 11.6 Å². The van der Waals surface area contributed by atoms with E-state index in [9.17, 15) is 8.78 Å². The van der Waals surface area contributed by atoms with Crippen molar-refractivity contribution in [2.45, 2.75) is 6.54 Å². The van der Waals surface area contributed by atoms with Crippen LogP contribution in [0.15, 0.2) is 72.8 Å². The fourth-order valence-corrected chi connectivity index (χ4v) is 3.43. The highest BCUT2D eigenvalue weighted by Crippen LogP contribution is 2.29. The maximum Gasteiger partial charge on any atom is 0.123 e. The predicted octanol–water partition coefficient (Wildman–Crippen LogP) is 6.85. The number of hydrogen-bond donors (Lipinski definition) is 0. The summed E-state index contributed by atoms with van der Waals surface area (Å²) in [4.78, 5) is 0. The molecule has 0 aliphatic rings. The first-order valence-corrected chi connectivity index (χ1v) is 9.29. The van der Waals surface area contributed by atoms with Crippen LogP contribution in [0.3, 0.4) is 0 Å². The van der Waals surface area contributed by atoms with Gasteiger partial charge >= 0.3 is 0 Å². The molecule has 0 spiro atoms. The van der Waals surface area contributed by atoms with Crippen LogP contribution >= 0.6 is 23.2 Å². The van der Waals surface area contributed by atoms with Gasteiger partial charge in [0.2, 0.25) is 0 Å². The summed E-state index contributed by atoms with van der Waals surface area (Å²) in [6.45, 7) is 0.407. The Balaban J connectivity index is 1.80. The van der Waals surface area contributed by atoms with Crippen LogP contribution in [0.4, 0.5) is 8.78 Å². The molecule has 0 saturated carbocycles. The standard InChI is InChI=1S/C22H14Cl2F2N2/c23-17-6-1-16(20(24)11-17)13-28-22(15-4-9-19(26)10-5-15)12-21(27-28)14-2-7-18(25)8-3-14/h1-12H,13H2. The van der Waals surface area contributed by atoms with Gasteiger partial charge < -0.3 is 0 Å². The summed E-state index contributed by atoms with van der Waals surface area (Å²) in [5, 5.41) is 5.77. The third kappa shape index (κ3) is 3.93. The van der Waals surface area contributed by atoms with Gasteiger partial charge in [-0.1, -0.05) is 29.3 Å². The van der Waals surface area contributed by atoms with Crippen LogP contribution in [0.1, 0.15) is 5.56 Å². The molecule has 0 saturated heterocycles. The Hall–Kier alpha value is -2.69. The fraction of sp³-hybridized carbons (Fsp3) is 0.0455. The number of hydrogen-bond acceptors (Lipinski definition) is 1. The van der Waals surface area contributed by atoms with Crippen LogP contribution in [0.25, 0.3) is 22.5 Å². The molecule has 0 atom stereocenters. The van der Waals surface area contributed by atoms with Crippen molar-refractivity contribution >= 4 is 23.2 Å². The molecular weight excluding hydrogens is 401 g/mol. The lowest BCUT2D eigenvalue weighted by molar-refractivity contribution is 0.627. The van der Waals surface area contributed by atoms with Crippen molar-refractivity contribution in [1.82, 2.24) is 9.78 Å². The van der Waals surface area contributed by atoms with Crippen LogP contribution in [-0.4, -0.2) is 9.78 Å². The molecule has 140 valence electrons. The minimum atomic E-state index is -0.311. The Kier molecular flexibility index (Phi) is 5.16. The minimum Gasteiger partial charge on any atom is -0.260 e. The monoisotopic (exact) mass is 414 g/mol. The second-order valence-corrected chi connectivity index (χ2v) is 7.17. The summed E-state index contributed by atoms with van der Waals surface area (Å²) in [6, 6.07) is 19.5. The maximum absolute atomic E-state index is 13.4. The summed E-state index contributed by atoms with van der Waals surface area (Å²) < 4.78 is 28.4. The van der Waals surface area contributed by atoms with Gasteiger partial charge in [-0.05, 0) is 72.3 Å². The summed E-state index contributed by atoms with van der Waals surface area (Å²) in [5.74, 6) is -0.621. The zero-order valence-electron chi connectivity index (χ0n) is 14.5.